The molecule has 1 aliphatic carbocycles. The summed E-state index contributed by atoms with van der Waals surface area (Å²) < 4.78 is 0. The van der Waals surface area contributed by atoms with E-state index >= 15 is 0 Å². The lowest BCUT2D eigenvalue weighted by molar-refractivity contribution is 0.0695. The summed E-state index contributed by atoms with van der Waals surface area (Å²) >= 11 is 5.11. The highest BCUT2D eigenvalue weighted by atomic mass is 32.1. The Labute approximate surface area is 118 Å². The van der Waals surface area contributed by atoms with Crippen LogP contribution in [0.4, 0.5) is 0 Å². The summed E-state index contributed by atoms with van der Waals surface area (Å²) in [4.78, 5) is 11.7. The van der Waals surface area contributed by atoms with E-state index < -0.39 is 5.97 Å². The van der Waals surface area contributed by atoms with E-state index in [-0.39, 0.29) is 0 Å². The molecule has 102 valence electrons. The first-order chi connectivity index (χ1) is 8.97. The number of hydrogen-bond donors (Lipinski definition) is 2. The number of benzene rings is 1. The predicted octanol–water partition coefficient (Wildman–Crippen LogP) is 3.16. The van der Waals surface area contributed by atoms with E-state index in [1.54, 1.807) is 6.07 Å². The van der Waals surface area contributed by atoms with Crippen molar-refractivity contribution in [3.63, 3.8) is 0 Å². The average molecular weight is 277 g/mol. The summed E-state index contributed by atoms with van der Waals surface area (Å²) in [6.07, 6.45) is 4.23. The van der Waals surface area contributed by atoms with Gasteiger partial charge in [0, 0.05) is 5.56 Å². The Kier molecular flexibility index (Phi) is 3.90. The Bertz CT molecular complexity index is 548. The van der Waals surface area contributed by atoms with Crippen molar-refractivity contribution in [3.05, 3.63) is 33.9 Å². The second-order valence-corrected chi connectivity index (χ2v) is 5.58. The topological polar surface area (TPSA) is 63.3 Å². The molecule has 4 heteroatoms. The molecule has 19 heavy (non-hydrogen) atoms. The van der Waals surface area contributed by atoms with E-state index in [0.717, 1.165) is 29.5 Å². The van der Waals surface area contributed by atoms with Crippen LogP contribution in [-0.2, 0) is 6.42 Å². The first-order valence-corrected chi connectivity index (χ1v) is 7.07. The third-order valence-electron chi connectivity index (χ3n) is 4.12. The molecule has 1 aromatic rings. The molecule has 0 amide bonds. The molecule has 0 aliphatic heterocycles. The molecule has 1 saturated carbocycles. The Morgan fingerprint density at radius 2 is 2.11 bits per heavy atom. The number of thiocarbonyl (C=S) groups is 1. The van der Waals surface area contributed by atoms with Crippen molar-refractivity contribution >= 4 is 23.2 Å². The van der Waals surface area contributed by atoms with Gasteiger partial charge in [-0.1, -0.05) is 25.6 Å². The molecule has 0 heterocycles. The molecule has 0 aromatic heterocycles. The van der Waals surface area contributed by atoms with Gasteiger partial charge in [0.25, 0.3) is 0 Å². The van der Waals surface area contributed by atoms with Crippen LogP contribution in [0, 0.1) is 6.92 Å². The molecule has 3 nitrogen and oxygen atoms in total. The molecule has 0 unspecified atom stereocenters. The van der Waals surface area contributed by atoms with Crippen molar-refractivity contribution in [2.45, 2.75) is 45.4 Å². The molecule has 1 aliphatic rings. The fourth-order valence-electron chi connectivity index (χ4n) is 2.95. The minimum absolute atomic E-state index is 0.301. The van der Waals surface area contributed by atoms with Crippen LogP contribution in [0.5, 0.6) is 0 Å². The molecule has 0 spiro atoms. The summed E-state index contributed by atoms with van der Waals surface area (Å²) in [7, 11) is 0. The minimum atomic E-state index is -0.905. The van der Waals surface area contributed by atoms with E-state index in [1.165, 1.54) is 12.0 Å². The highest BCUT2D eigenvalue weighted by molar-refractivity contribution is 7.80. The highest BCUT2D eigenvalue weighted by Gasteiger charge is 2.28. The van der Waals surface area contributed by atoms with Gasteiger partial charge in [-0.15, -0.1) is 0 Å². The van der Waals surface area contributed by atoms with Crippen LogP contribution in [-0.4, -0.2) is 16.1 Å². The lowest BCUT2D eigenvalue weighted by Crippen LogP contribution is -2.22. The number of rotatable bonds is 4. The SMILES string of the molecule is CCc1c(C(=O)O)cc(C(N)=S)c(C2CCC2)c1C. The molecule has 0 atom stereocenters. The number of nitrogens with two attached hydrogens (primary N) is 1. The average Bonchev–Trinajstić information content (AvgIpc) is 2.27. The zero-order chi connectivity index (χ0) is 14.2. The smallest absolute Gasteiger partial charge is 0.335 e. The molecular formula is C15H19NO2S. The first kappa shape index (κ1) is 14.0. The minimum Gasteiger partial charge on any atom is -0.478 e. The number of carboxylic acid groups (broad SMARTS) is 1. The van der Waals surface area contributed by atoms with Crippen LogP contribution in [0.3, 0.4) is 0 Å². The van der Waals surface area contributed by atoms with Crippen molar-refractivity contribution in [2.75, 3.05) is 0 Å². The standard InChI is InChI=1S/C15H19NO2S/c1-3-10-8(2)13(9-5-4-6-9)12(14(16)19)7-11(10)15(17)18/h7,9H,3-6H2,1-2H3,(H2,16,19)(H,17,18). The van der Waals surface area contributed by atoms with Crippen LogP contribution in [0.15, 0.2) is 6.07 Å². The normalized spacial score (nSPS) is 15.1. The first-order valence-electron chi connectivity index (χ1n) is 6.66. The second kappa shape index (κ2) is 5.29. The molecule has 3 N–H and O–H groups in total. The van der Waals surface area contributed by atoms with Gasteiger partial charge in [-0.3, -0.25) is 0 Å². The van der Waals surface area contributed by atoms with Crippen molar-refractivity contribution in [1.29, 1.82) is 0 Å². The summed E-state index contributed by atoms with van der Waals surface area (Å²) in [5.74, 6) is -0.415. The van der Waals surface area contributed by atoms with Crippen molar-refractivity contribution in [1.82, 2.24) is 0 Å². The number of carbonyl (C=O) groups is 1. The fourth-order valence-corrected chi connectivity index (χ4v) is 3.12. The van der Waals surface area contributed by atoms with Crippen molar-refractivity contribution < 1.29 is 9.90 Å². The van der Waals surface area contributed by atoms with Crippen LogP contribution >= 0.6 is 12.2 Å². The number of hydrogen-bond acceptors (Lipinski definition) is 2. The zero-order valence-corrected chi connectivity index (χ0v) is 12.1. The number of carboxylic acids is 1. The summed E-state index contributed by atoms with van der Waals surface area (Å²) in [5, 5.41) is 9.34. The van der Waals surface area contributed by atoms with Crippen molar-refractivity contribution in [3.8, 4) is 0 Å². The second-order valence-electron chi connectivity index (χ2n) is 5.14. The van der Waals surface area contributed by atoms with Gasteiger partial charge in [0.2, 0.25) is 0 Å². The van der Waals surface area contributed by atoms with Crippen LogP contribution < -0.4 is 5.73 Å². The Morgan fingerprint density at radius 1 is 1.47 bits per heavy atom. The molecule has 0 saturated heterocycles. The third kappa shape index (κ3) is 2.37. The summed E-state index contributed by atoms with van der Waals surface area (Å²) in [6.45, 7) is 3.99. The lowest BCUT2D eigenvalue weighted by atomic mass is 9.74. The third-order valence-corrected chi connectivity index (χ3v) is 4.34. The maximum atomic E-state index is 11.4. The predicted molar refractivity (Wildman–Crippen MR) is 80.0 cm³/mol. The van der Waals surface area contributed by atoms with Gasteiger partial charge in [0.05, 0.1) is 5.56 Å². The van der Waals surface area contributed by atoms with Crippen molar-refractivity contribution in [2.24, 2.45) is 5.73 Å². The Balaban J connectivity index is 2.70. The van der Waals surface area contributed by atoms with E-state index in [0.29, 0.717) is 22.9 Å². The molecule has 1 fully saturated rings. The maximum Gasteiger partial charge on any atom is 0.335 e. The monoisotopic (exact) mass is 277 g/mol. The molecule has 1 aromatic carbocycles. The van der Waals surface area contributed by atoms with E-state index in [1.807, 2.05) is 13.8 Å². The molecular weight excluding hydrogens is 258 g/mol. The van der Waals surface area contributed by atoms with E-state index in [9.17, 15) is 9.90 Å². The number of aromatic carboxylic acids is 1. The quantitative estimate of drug-likeness (QED) is 0.830. The van der Waals surface area contributed by atoms with Gasteiger partial charge in [-0.2, -0.15) is 0 Å². The van der Waals surface area contributed by atoms with Gasteiger partial charge < -0.3 is 10.8 Å². The Hall–Kier alpha value is -1.42. The van der Waals surface area contributed by atoms with Gasteiger partial charge in [-0.25, -0.2) is 4.79 Å². The lowest BCUT2D eigenvalue weighted by Gasteiger charge is -2.31. The van der Waals surface area contributed by atoms with E-state index in [2.05, 4.69) is 0 Å². The van der Waals surface area contributed by atoms with Crippen LogP contribution in [0.1, 0.15) is 64.7 Å². The van der Waals surface area contributed by atoms with Crippen LogP contribution in [0.25, 0.3) is 0 Å². The maximum absolute atomic E-state index is 11.4. The van der Waals surface area contributed by atoms with Gasteiger partial charge in [0.1, 0.15) is 4.99 Å². The van der Waals surface area contributed by atoms with E-state index in [4.69, 9.17) is 18.0 Å². The summed E-state index contributed by atoms with van der Waals surface area (Å²) in [6, 6.07) is 1.67. The van der Waals surface area contributed by atoms with Gasteiger partial charge >= 0.3 is 5.97 Å². The molecule has 0 bridgehead atoms. The van der Waals surface area contributed by atoms with Crippen LogP contribution in [0.2, 0.25) is 0 Å². The molecule has 0 radical (unpaired) electrons. The highest BCUT2D eigenvalue weighted by Crippen LogP contribution is 2.41. The summed E-state index contributed by atoms with van der Waals surface area (Å²) in [5.41, 5.74) is 10.1. The van der Waals surface area contributed by atoms with Gasteiger partial charge in [0.15, 0.2) is 0 Å². The fraction of sp³-hybridized carbons (Fsp3) is 0.467. The largest absolute Gasteiger partial charge is 0.478 e. The Morgan fingerprint density at radius 3 is 2.47 bits per heavy atom. The zero-order valence-electron chi connectivity index (χ0n) is 11.3. The van der Waals surface area contributed by atoms with Gasteiger partial charge in [-0.05, 0) is 54.9 Å². The molecule has 2 rings (SSSR count).